The van der Waals surface area contributed by atoms with Crippen molar-refractivity contribution in [2.24, 2.45) is 5.92 Å². The van der Waals surface area contributed by atoms with Crippen LogP contribution in [0.25, 0.3) is 0 Å². The van der Waals surface area contributed by atoms with Gasteiger partial charge in [0.2, 0.25) is 31.9 Å². The molecule has 4 aliphatic heterocycles. The first-order valence-electron chi connectivity index (χ1n) is 20.7. The number of hydrogen-bond donors (Lipinski definition) is 2. The molecule has 58 heavy (non-hydrogen) atoms. The van der Waals surface area contributed by atoms with E-state index in [-0.39, 0.29) is 61.5 Å². The van der Waals surface area contributed by atoms with Crippen LogP contribution in [-0.4, -0.2) is 121 Å². The van der Waals surface area contributed by atoms with Gasteiger partial charge in [-0.05, 0) is 80.4 Å². The van der Waals surface area contributed by atoms with Crippen LogP contribution in [-0.2, 0) is 29.6 Å². The number of hydrogen-bond acceptors (Lipinski definition) is 9. The quantitative estimate of drug-likeness (QED) is 0.245. The molecule has 0 radical (unpaired) electrons. The Bertz CT molecular complexity index is 2060. The molecule has 17 heteroatoms. The van der Waals surface area contributed by atoms with Gasteiger partial charge in [-0.1, -0.05) is 59.1 Å². The molecule has 6 unspecified atom stereocenters. The van der Waals surface area contributed by atoms with Gasteiger partial charge in [-0.15, -0.1) is 0 Å². The number of piperidine rings is 2. The lowest BCUT2D eigenvalue weighted by Crippen LogP contribution is -2.76. The minimum absolute atomic E-state index is 0.0698. The Hall–Kier alpha value is -2.67. The molecule has 6 rings (SSSR count). The Morgan fingerprint density at radius 1 is 0.914 bits per heavy atom. The Morgan fingerprint density at radius 3 is 2.31 bits per heavy atom. The van der Waals surface area contributed by atoms with Crippen LogP contribution < -0.4 is 10.6 Å². The zero-order chi connectivity index (χ0) is 42.2. The number of carbonyl (C=O) groups is 2. The predicted octanol–water partition coefficient (Wildman–Crippen LogP) is 5.28. The third-order valence-electron chi connectivity index (χ3n) is 12.6. The van der Waals surface area contributed by atoms with E-state index in [0.717, 1.165) is 36.3 Å². The van der Waals surface area contributed by atoms with Crippen molar-refractivity contribution in [3.8, 4) is 0 Å². The van der Waals surface area contributed by atoms with Crippen LogP contribution in [0.1, 0.15) is 91.0 Å². The number of aryl methyl sites for hydroxylation is 1. The molecule has 2 spiro atoms. The number of nitrogens with zero attached hydrogens (tertiary/aromatic N) is 4. The number of nitrogens with one attached hydrogen (secondary N) is 2. The average Bonchev–Trinajstić information content (AvgIpc) is 3.60. The molecule has 4 heterocycles. The molecule has 0 aliphatic carbocycles. The Kier molecular flexibility index (Phi) is 13.7. The number of rotatable bonds is 15. The van der Waals surface area contributed by atoms with Crippen LogP contribution in [0, 0.1) is 24.5 Å². The fourth-order valence-electron chi connectivity index (χ4n) is 9.62. The highest BCUT2D eigenvalue weighted by Gasteiger charge is 2.66. The Balaban J connectivity index is 1.50. The van der Waals surface area contributed by atoms with E-state index in [4.69, 9.17) is 0 Å². The van der Waals surface area contributed by atoms with Gasteiger partial charge in [-0.25, -0.2) is 25.6 Å². The van der Waals surface area contributed by atoms with Crippen LogP contribution >= 0.6 is 11.8 Å². The number of thioether (sulfide) groups is 1. The Morgan fingerprint density at radius 2 is 1.66 bits per heavy atom. The van der Waals surface area contributed by atoms with E-state index in [9.17, 15) is 26.0 Å². The highest BCUT2D eigenvalue weighted by Crippen LogP contribution is 2.47. The third kappa shape index (κ3) is 8.22. The van der Waals surface area contributed by atoms with Gasteiger partial charge in [0.05, 0.1) is 28.7 Å². The molecule has 0 bridgehead atoms. The predicted molar refractivity (Wildman–Crippen MR) is 222 cm³/mol. The maximum atomic E-state index is 15.2. The number of halogens is 2. The van der Waals surface area contributed by atoms with Crippen LogP contribution in [0.15, 0.2) is 52.3 Å². The fourth-order valence-corrected chi connectivity index (χ4v) is 13.3. The molecule has 0 saturated carbocycles. The summed E-state index contributed by atoms with van der Waals surface area (Å²) in [4.78, 5) is 32.9. The summed E-state index contributed by atoms with van der Waals surface area (Å²) in [6, 6.07) is 6.42. The van der Waals surface area contributed by atoms with E-state index in [1.54, 1.807) is 34.9 Å². The summed E-state index contributed by atoms with van der Waals surface area (Å²) in [5, 5.41) is 7.42. The van der Waals surface area contributed by atoms with Crippen LogP contribution in [0.5, 0.6) is 0 Å². The van der Waals surface area contributed by atoms with E-state index in [1.807, 2.05) is 51.8 Å². The summed E-state index contributed by atoms with van der Waals surface area (Å²) in [6.07, 6.45) is 6.35. The average molecular weight is 867 g/mol. The lowest BCUT2D eigenvalue weighted by atomic mass is 9.83. The molecule has 322 valence electrons. The zero-order valence-electron chi connectivity index (χ0n) is 34.5. The molecule has 2 N–H and O–H groups in total. The van der Waals surface area contributed by atoms with Crippen molar-refractivity contribution >= 4 is 43.6 Å². The second kappa shape index (κ2) is 17.7. The number of carbonyl (C=O) groups excluding carboxylic acids is 2. The van der Waals surface area contributed by atoms with Gasteiger partial charge in [0, 0.05) is 51.1 Å². The van der Waals surface area contributed by atoms with Gasteiger partial charge in [0.25, 0.3) is 0 Å². The smallest absolute Gasteiger partial charge is 0.246 e. The maximum absolute atomic E-state index is 15.2. The van der Waals surface area contributed by atoms with Crippen molar-refractivity contribution in [2.75, 3.05) is 38.2 Å². The van der Waals surface area contributed by atoms with Crippen LogP contribution in [0.4, 0.5) is 8.78 Å². The van der Waals surface area contributed by atoms with E-state index in [2.05, 4.69) is 10.6 Å². The highest BCUT2D eigenvalue weighted by atomic mass is 32.2. The molecule has 4 fully saturated rings. The van der Waals surface area contributed by atoms with Crippen molar-refractivity contribution in [2.45, 2.75) is 138 Å². The van der Waals surface area contributed by atoms with Crippen molar-refractivity contribution in [1.82, 2.24) is 29.0 Å². The molecule has 4 aliphatic rings. The monoisotopic (exact) mass is 866 g/mol. The number of sulfonamides is 2. The molecule has 12 nitrogen and oxygen atoms in total. The second-order valence-electron chi connectivity index (χ2n) is 16.7. The van der Waals surface area contributed by atoms with Crippen molar-refractivity contribution in [1.29, 1.82) is 0 Å². The molecular formula is C41H60F2N6O6S3. The summed E-state index contributed by atoms with van der Waals surface area (Å²) < 4.78 is 89.5. The summed E-state index contributed by atoms with van der Waals surface area (Å²) in [5.74, 6) is -1.83. The van der Waals surface area contributed by atoms with Gasteiger partial charge < -0.3 is 9.80 Å². The zero-order valence-corrected chi connectivity index (χ0v) is 37.0. The lowest BCUT2D eigenvalue weighted by Gasteiger charge is -2.57. The van der Waals surface area contributed by atoms with E-state index in [0.29, 0.717) is 38.3 Å². The molecule has 4 saturated heterocycles. The van der Waals surface area contributed by atoms with Crippen molar-refractivity contribution in [3.05, 3.63) is 59.7 Å². The fraction of sp³-hybridized carbons (Fsp3) is 0.659. The summed E-state index contributed by atoms with van der Waals surface area (Å²) in [6.45, 7) is 10.1. The Labute approximate surface area is 347 Å². The van der Waals surface area contributed by atoms with Crippen LogP contribution in [0.3, 0.4) is 0 Å². The number of unbranched alkanes of at least 4 members (excludes halogenated alkanes) is 2. The standard InChI is InChI=1S/C41H60F2N6O6S3/c1-7-9-13-31-26-40(18-22-48(31)58(54,55)35-16-15-30(42)25-33(35)43)45-37(28(3)4)39(51)49(40)36-27-46(57(52,53)32-14-11-12-29(5)24-32)21-19-41(36)44-34(17-23-56-6)38(50)47(41)20-10-8-2/h11-12,14-16,24-25,28,31,34,36-37,44-45H,7-10,13,17-23,26-27H2,1-6H3. The second-order valence-corrected chi connectivity index (χ2v) is 21.5. The lowest BCUT2D eigenvalue weighted by molar-refractivity contribution is -0.152. The van der Waals surface area contributed by atoms with E-state index < -0.39 is 72.1 Å². The molecule has 6 atom stereocenters. The normalized spacial score (nSPS) is 28.8. The summed E-state index contributed by atoms with van der Waals surface area (Å²) in [5.41, 5.74) is -1.48. The van der Waals surface area contributed by atoms with Crippen molar-refractivity contribution < 1.29 is 35.2 Å². The van der Waals surface area contributed by atoms with Crippen molar-refractivity contribution in [3.63, 3.8) is 0 Å². The molecule has 2 aromatic rings. The summed E-state index contributed by atoms with van der Waals surface area (Å²) >= 11 is 1.63. The first kappa shape index (κ1) is 44.9. The van der Waals surface area contributed by atoms with Gasteiger partial charge in [0.1, 0.15) is 22.2 Å². The van der Waals surface area contributed by atoms with Gasteiger partial charge in [-0.3, -0.25) is 20.2 Å². The van der Waals surface area contributed by atoms with Gasteiger partial charge in [0.15, 0.2) is 0 Å². The minimum atomic E-state index is -4.44. The summed E-state index contributed by atoms with van der Waals surface area (Å²) in [7, 11) is -8.50. The number of amides is 2. The van der Waals surface area contributed by atoms with Crippen LogP contribution in [0.2, 0.25) is 0 Å². The van der Waals surface area contributed by atoms with Gasteiger partial charge in [-0.2, -0.15) is 20.4 Å². The first-order chi connectivity index (χ1) is 27.5. The van der Waals surface area contributed by atoms with E-state index in [1.165, 1.54) is 8.61 Å². The first-order valence-corrected chi connectivity index (χ1v) is 25.0. The molecule has 2 aromatic carbocycles. The number of benzene rings is 2. The minimum Gasteiger partial charge on any atom is -0.321 e. The molecule has 2 amide bonds. The highest BCUT2D eigenvalue weighted by molar-refractivity contribution is 7.98. The third-order valence-corrected chi connectivity index (χ3v) is 17.1. The topological polar surface area (TPSA) is 139 Å². The molecule has 0 aromatic heterocycles. The van der Waals surface area contributed by atoms with Gasteiger partial charge >= 0.3 is 0 Å². The maximum Gasteiger partial charge on any atom is 0.246 e. The largest absolute Gasteiger partial charge is 0.321 e. The molecular weight excluding hydrogens is 807 g/mol. The van der Waals surface area contributed by atoms with E-state index >= 15 is 9.18 Å². The SMILES string of the molecule is CCCCC1CC2(CCN1S(=O)(=O)c1ccc(F)cc1F)NC(C(C)C)C(=O)N2C1CN(S(=O)(=O)c2cccc(C)c2)CCC12NC(CCSC)C(=O)N2CCCC.